The first-order valence-electron chi connectivity index (χ1n) is 8.83. The van der Waals surface area contributed by atoms with Crippen LogP contribution in [0.2, 0.25) is 0 Å². The highest BCUT2D eigenvalue weighted by molar-refractivity contribution is 5.98. The Kier molecular flexibility index (Phi) is 5.16. The van der Waals surface area contributed by atoms with Gasteiger partial charge in [0.2, 0.25) is 5.91 Å². The van der Waals surface area contributed by atoms with Crippen LogP contribution in [0, 0.1) is 6.92 Å². The first-order chi connectivity index (χ1) is 12.5. The molecule has 7 nitrogen and oxygen atoms in total. The lowest BCUT2D eigenvalue weighted by Gasteiger charge is -2.15. The maximum atomic E-state index is 12.8. The fourth-order valence-corrected chi connectivity index (χ4v) is 2.93. The number of rotatable bonds is 6. The van der Waals surface area contributed by atoms with E-state index in [1.807, 2.05) is 23.7 Å². The van der Waals surface area contributed by atoms with E-state index in [0.29, 0.717) is 22.3 Å². The molecule has 0 unspecified atom stereocenters. The number of anilines is 1. The first-order valence-corrected chi connectivity index (χ1v) is 8.83. The Morgan fingerprint density at radius 1 is 1.31 bits per heavy atom. The summed E-state index contributed by atoms with van der Waals surface area (Å²) >= 11 is 0. The van der Waals surface area contributed by atoms with Gasteiger partial charge in [0.15, 0.2) is 0 Å². The number of aromatic nitrogens is 4. The summed E-state index contributed by atoms with van der Waals surface area (Å²) in [5.74, 6) is 0.00533. The minimum Gasteiger partial charge on any atom is -0.310 e. The molecule has 3 rings (SSSR count). The van der Waals surface area contributed by atoms with E-state index in [1.54, 1.807) is 25.3 Å². The summed E-state index contributed by atoms with van der Waals surface area (Å²) < 4.78 is 1.82. The average Bonchev–Trinajstić information content (AvgIpc) is 2.99. The van der Waals surface area contributed by atoms with Gasteiger partial charge < -0.3 is 5.32 Å². The van der Waals surface area contributed by atoms with Crippen LogP contribution in [0.5, 0.6) is 0 Å². The summed E-state index contributed by atoms with van der Waals surface area (Å²) in [6, 6.07) is 7.17. The molecule has 0 saturated heterocycles. The van der Waals surface area contributed by atoms with Gasteiger partial charge in [-0.15, -0.1) is 0 Å². The molecule has 0 aliphatic carbocycles. The van der Waals surface area contributed by atoms with E-state index in [4.69, 9.17) is 0 Å². The molecule has 3 aromatic rings. The summed E-state index contributed by atoms with van der Waals surface area (Å²) in [5.41, 5.74) is 1.21. The zero-order chi connectivity index (χ0) is 18.7. The monoisotopic (exact) mass is 353 g/mol. The molecular formula is C19H23N5O2. The number of unbranched alkanes of at least 4 members (excludes halogenated alkanes) is 1. The Hall–Kier alpha value is -2.96. The number of benzene rings is 1. The number of amides is 1. The maximum absolute atomic E-state index is 12.8. The molecular weight excluding hydrogens is 330 g/mol. The minimum absolute atomic E-state index is 0.184. The van der Waals surface area contributed by atoms with Crippen molar-refractivity contribution < 1.29 is 4.79 Å². The van der Waals surface area contributed by atoms with Crippen LogP contribution in [0.4, 0.5) is 5.82 Å². The second-order valence-corrected chi connectivity index (χ2v) is 6.45. The van der Waals surface area contributed by atoms with Crippen molar-refractivity contribution in [2.75, 3.05) is 5.32 Å². The van der Waals surface area contributed by atoms with E-state index in [9.17, 15) is 9.59 Å². The number of carbonyl (C=O) groups excluding carboxylic acids is 1. The number of carbonyl (C=O) groups is 1. The van der Waals surface area contributed by atoms with Crippen LogP contribution in [0.3, 0.4) is 0 Å². The van der Waals surface area contributed by atoms with Crippen molar-refractivity contribution in [2.24, 2.45) is 0 Å². The molecule has 2 aromatic heterocycles. The smallest absolute Gasteiger partial charge is 0.272 e. The van der Waals surface area contributed by atoms with Crippen molar-refractivity contribution in [1.29, 1.82) is 0 Å². The fraction of sp³-hybridized carbons (Fsp3) is 0.368. The number of hydrogen-bond donors (Lipinski definition) is 2. The van der Waals surface area contributed by atoms with E-state index < -0.39 is 5.92 Å². The third-order valence-corrected chi connectivity index (χ3v) is 4.52. The van der Waals surface area contributed by atoms with Crippen LogP contribution in [0.25, 0.3) is 10.8 Å². The Balaban J connectivity index is 1.89. The van der Waals surface area contributed by atoms with Gasteiger partial charge in [-0.05, 0) is 26.3 Å². The zero-order valence-electron chi connectivity index (χ0n) is 15.2. The number of fused-ring (bicyclic) bond motifs is 1. The highest BCUT2D eigenvalue weighted by atomic mass is 16.2. The van der Waals surface area contributed by atoms with Gasteiger partial charge in [0.25, 0.3) is 5.56 Å². The molecule has 1 atom stereocenters. The summed E-state index contributed by atoms with van der Waals surface area (Å²) in [7, 11) is 0. The molecule has 0 aliphatic rings. The molecule has 2 N–H and O–H groups in total. The van der Waals surface area contributed by atoms with Gasteiger partial charge in [0, 0.05) is 17.5 Å². The van der Waals surface area contributed by atoms with Gasteiger partial charge in [0.05, 0.1) is 23.2 Å². The van der Waals surface area contributed by atoms with E-state index >= 15 is 0 Å². The predicted octanol–water partition coefficient (Wildman–Crippen LogP) is 2.97. The number of H-pyrrole nitrogens is 1. The molecule has 1 amide bonds. The third kappa shape index (κ3) is 3.37. The van der Waals surface area contributed by atoms with Crippen molar-refractivity contribution in [3.05, 3.63) is 52.1 Å². The lowest BCUT2D eigenvalue weighted by Crippen LogP contribution is -2.24. The molecule has 0 fully saturated rings. The molecule has 0 radical (unpaired) electrons. The largest absolute Gasteiger partial charge is 0.310 e. The molecule has 0 aliphatic heterocycles. The van der Waals surface area contributed by atoms with Gasteiger partial charge >= 0.3 is 0 Å². The Morgan fingerprint density at radius 2 is 2.04 bits per heavy atom. The number of hydrogen-bond acceptors (Lipinski definition) is 4. The number of nitrogens with one attached hydrogen (secondary N) is 2. The van der Waals surface area contributed by atoms with Crippen LogP contribution in [0.15, 0.2) is 35.3 Å². The fourth-order valence-electron chi connectivity index (χ4n) is 2.93. The summed E-state index contributed by atoms with van der Waals surface area (Å²) in [4.78, 5) is 24.8. The number of nitrogens with zero attached hydrogens (tertiary/aromatic N) is 3. The lowest BCUT2D eigenvalue weighted by molar-refractivity contribution is -0.117. The second kappa shape index (κ2) is 7.51. The molecule has 26 heavy (non-hydrogen) atoms. The molecule has 0 bridgehead atoms. The Morgan fingerprint density at radius 3 is 2.77 bits per heavy atom. The first kappa shape index (κ1) is 17.8. The number of aryl methyl sites for hydroxylation is 2. The quantitative estimate of drug-likeness (QED) is 0.712. The van der Waals surface area contributed by atoms with E-state index in [1.165, 1.54) is 0 Å². The SMILES string of the molecule is CCCCn1ncc(C)c1NC(=O)[C@@H](C)c1n[nH]c(=O)c2ccccc12. The van der Waals surface area contributed by atoms with E-state index in [2.05, 4.69) is 27.5 Å². The standard InChI is InChI=1S/C19H23N5O2/c1-4-5-10-24-17(12(2)11-20-24)21-18(25)13(3)16-14-8-6-7-9-15(14)19(26)23-22-16/h6-9,11,13H,4-5,10H2,1-3H3,(H,21,25)(H,23,26)/t13-/m0/s1. The van der Waals surface area contributed by atoms with Gasteiger partial charge in [-0.25, -0.2) is 9.78 Å². The van der Waals surface area contributed by atoms with Crippen LogP contribution in [-0.4, -0.2) is 25.9 Å². The van der Waals surface area contributed by atoms with E-state index in [0.717, 1.165) is 24.9 Å². The van der Waals surface area contributed by atoms with Gasteiger partial charge in [-0.2, -0.15) is 10.2 Å². The highest BCUT2D eigenvalue weighted by Crippen LogP contribution is 2.23. The summed E-state index contributed by atoms with van der Waals surface area (Å²) in [6.45, 7) is 6.58. The third-order valence-electron chi connectivity index (χ3n) is 4.52. The van der Waals surface area contributed by atoms with Crippen LogP contribution in [-0.2, 0) is 11.3 Å². The summed E-state index contributed by atoms with van der Waals surface area (Å²) in [5, 5.41) is 15.1. The maximum Gasteiger partial charge on any atom is 0.272 e. The molecule has 0 spiro atoms. The van der Waals surface area contributed by atoms with Gasteiger partial charge in [0.1, 0.15) is 5.82 Å². The molecule has 136 valence electrons. The Labute approximate surface area is 151 Å². The number of aromatic amines is 1. The highest BCUT2D eigenvalue weighted by Gasteiger charge is 2.22. The van der Waals surface area contributed by atoms with Gasteiger partial charge in [-0.1, -0.05) is 31.5 Å². The van der Waals surface area contributed by atoms with Crippen LogP contribution < -0.4 is 10.9 Å². The van der Waals surface area contributed by atoms with Crippen molar-refractivity contribution in [3.63, 3.8) is 0 Å². The van der Waals surface area contributed by atoms with E-state index in [-0.39, 0.29) is 11.5 Å². The Bertz CT molecular complexity index is 989. The van der Waals surface area contributed by atoms with Crippen molar-refractivity contribution in [3.8, 4) is 0 Å². The predicted molar refractivity (Wildman–Crippen MR) is 101 cm³/mol. The normalized spacial score (nSPS) is 12.3. The molecule has 2 heterocycles. The van der Waals surface area contributed by atoms with Crippen LogP contribution >= 0.6 is 0 Å². The second-order valence-electron chi connectivity index (χ2n) is 6.45. The molecule has 7 heteroatoms. The van der Waals surface area contributed by atoms with Crippen LogP contribution in [0.1, 0.15) is 43.9 Å². The summed E-state index contributed by atoms with van der Waals surface area (Å²) in [6.07, 6.45) is 3.80. The van der Waals surface area contributed by atoms with Crippen molar-refractivity contribution in [1.82, 2.24) is 20.0 Å². The average molecular weight is 353 g/mol. The van der Waals surface area contributed by atoms with Crippen molar-refractivity contribution in [2.45, 2.75) is 46.1 Å². The minimum atomic E-state index is -0.523. The topological polar surface area (TPSA) is 92.7 Å². The lowest BCUT2D eigenvalue weighted by atomic mass is 10.0. The molecule has 1 aromatic carbocycles. The van der Waals surface area contributed by atoms with Crippen molar-refractivity contribution >= 4 is 22.5 Å². The van der Waals surface area contributed by atoms with Gasteiger partial charge in [-0.3, -0.25) is 9.59 Å². The zero-order valence-corrected chi connectivity index (χ0v) is 15.2. The molecule has 0 saturated carbocycles.